The van der Waals surface area contributed by atoms with E-state index in [4.69, 9.17) is 23.7 Å². The molecule has 0 aliphatic heterocycles. The number of carbonyl (C=O) groups is 2. The summed E-state index contributed by atoms with van der Waals surface area (Å²) in [7, 11) is 7.24. The van der Waals surface area contributed by atoms with Gasteiger partial charge in [-0.15, -0.1) is 0 Å². The molecule has 0 saturated carbocycles. The van der Waals surface area contributed by atoms with Crippen molar-refractivity contribution in [1.82, 2.24) is 0 Å². The summed E-state index contributed by atoms with van der Waals surface area (Å²) < 4.78 is 26.4. The molecule has 1 N–H and O–H groups in total. The molecule has 0 aromatic heterocycles. The average molecular weight is 428 g/mol. The number of carboxylic acid groups (broad SMARTS) is 1. The Kier molecular flexibility index (Phi) is 6.39. The number of hydrogen-bond acceptors (Lipinski definition) is 7. The van der Waals surface area contributed by atoms with E-state index in [2.05, 4.69) is 0 Å². The highest BCUT2D eigenvalue weighted by Crippen LogP contribution is 2.47. The number of fused-ring (bicyclic) bond motifs is 1. The van der Waals surface area contributed by atoms with Crippen LogP contribution in [0.15, 0.2) is 35.9 Å². The third-order valence-corrected chi connectivity index (χ3v) is 5.36. The highest BCUT2D eigenvalue weighted by Gasteiger charge is 2.42. The molecule has 0 amide bonds. The molecule has 1 aliphatic carbocycles. The zero-order valence-corrected chi connectivity index (χ0v) is 17.9. The lowest BCUT2D eigenvalue weighted by molar-refractivity contribution is -0.145. The van der Waals surface area contributed by atoms with Crippen molar-refractivity contribution in [3.8, 4) is 23.0 Å². The molecule has 0 saturated heterocycles. The molecule has 8 heteroatoms. The lowest BCUT2D eigenvalue weighted by Crippen LogP contribution is -2.31. The second kappa shape index (κ2) is 8.99. The maximum atomic E-state index is 12.5. The van der Waals surface area contributed by atoms with Crippen molar-refractivity contribution in [2.45, 2.75) is 5.92 Å². The van der Waals surface area contributed by atoms with Gasteiger partial charge >= 0.3 is 11.9 Å². The van der Waals surface area contributed by atoms with E-state index in [0.717, 1.165) is 0 Å². The van der Waals surface area contributed by atoms with E-state index in [9.17, 15) is 14.7 Å². The summed E-state index contributed by atoms with van der Waals surface area (Å²) in [6.07, 6.45) is 1.53. The SMILES string of the molecule is COC(=O)C1=Cc2cc(OC)c(OC)cc2[C@@H](c2ccc(OC)c(OC)c2)C1C(=O)O. The maximum Gasteiger partial charge on any atom is 0.334 e. The van der Waals surface area contributed by atoms with Gasteiger partial charge in [0.2, 0.25) is 0 Å². The van der Waals surface area contributed by atoms with E-state index in [-0.39, 0.29) is 5.57 Å². The van der Waals surface area contributed by atoms with Crippen LogP contribution in [0.5, 0.6) is 23.0 Å². The minimum atomic E-state index is -1.18. The monoisotopic (exact) mass is 428 g/mol. The quantitative estimate of drug-likeness (QED) is 0.672. The lowest BCUT2D eigenvalue weighted by Gasteiger charge is -2.32. The number of benzene rings is 2. The van der Waals surface area contributed by atoms with E-state index >= 15 is 0 Å². The van der Waals surface area contributed by atoms with Gasteiger partial charge in [0.25, 0.3) is 0 Å². The van der Waals surface area contributed by atoms with Gasteiger partial charge in [0.1, 0.15) is 0 Å². The van der Waals surface area contributed by atoms with E-state index in [1.165, 1.54) is 41.6 Å². The van der Waals surface area contributed by atoms with Crippen molar-refractivity contribution in [3.05, 3.63) is 52.6 Å². The van der Waals surface area contributed by atoms with Crippen molar-refractivity contribution >= 4 is 18.0 Å². The first-order valence-electron chi connectivity index (χ1n) is 9.40. The largest absolute Gasteiger partial charge is 0.493 e. The fourth-order valence-corrected chi connectivity index (χ4v) is 3.92. The van der Waals surface area contributed by atoms with Gasteiger partial charge in [-0.3, -0.25) is 4.79 Å². The molecule has 31 heavy (non-hydrogen) atoms. The molecule has 0 spiro atoms. The highest BCUT2D eigenvalue weighted by molar-refractivity contribution is 6.01. The molecule has 3 rings (SSSR count). The summed E-state index contributed by atoms with van der Waals surface area (Å²) in [5.41, 5.74) is 1.97. The second-order valence-electron chi connectivity index (χ2n) is 6.84. The highest BCUT2D eigenvalue weighted by atomic mass is 16.5. The number of hydrogen-bond donors (Lipinski definition) is 1. The summed E-state index contributed by atoms with van der Waals surface area (Å²) in [6, 6.07) is 8.60. The van der Waals surface area contributed by atoms with Crippen LogP contribution in [0.25, 0.3) is 6.08 Å². The number of ether oxygens (including phenoxy) is 5. The Morgan fingerprint density at radius 3 is 1.94 bits per heavy atom. The molecule has 0 heterocycles. The Morgan fingerprint density at radius 1 is 0.806 bits per heavy atom. The molecule has 2 aromatic rings. The molecule has 0 radical (unpaired) electrons. The molecule has 2 atom stereocenters. The first-order chi connectivity index (χ1) is 14.9. The van der Waals surface area contributed by atoms with Crippen LogP contribution in [0.2, 0.25) is 0 Å². The van der Waals surface area contributed by atoms with Crippen molar-refractivity contribution < 1.29 is 38.4 Å². The lowest BCUT2D eigenvalue weighted by atomic mass is 9.71. The molecule has 164 valence electrons. The van der Waals surface area contributed by atoms with Crippen LogP contribution < -0.4 is 18.9 Å². The van der Waals surface area contributed by atoms with Crippen LogP contribution >= 0.6 is 0 Å². The molecular formula is C23H24O8. The zero-order valence-electron chi connectivity index (χ0n) is 17.9. The zero-order chi connectivity index (χ0) is 22.7. The van der Waals surface area contributed by atoms with Crippen molar-refractivity contribution in [2.24, 2.45) is 5.92 Å². The van der Waals surface area contributed by atoms with Crippen LogP contribution in [0, 0.1) is 5.92 Å². The molecular weight excluding hydrogens is 404 g/mol. The summed E-state index contributed by atoms with van der Waals surface area (Å²) in [5, 5.41) is 10.1. The Hall–Kier alpha value is -3.68. The van der Waals surface area contributed by atoms with Crippen molar-refractivity contribution in [3.63, 3.8) is 0 Å². The van der Waals surface area contributed by atoms with Gasteiger partial charge < -0.3 is 28.8 Å². The number of carbonyl (C=O) groups excluding carboxylic acids is 1. The number of esters is 1. The Bertz CT molecular complexity index is 1040. The topological polar surface area (TPSA) is 101 Å². The molecule has 1 unspecified atom stereocenters. The van der Waals surface area contributed by atoms with Crippen molar-refractivity contribution in [1.29, 1.82) is 0 Å². The van der Waals surface area contributed by atoms with Crippen LogP contribution in [-0.4, -0.2) is 52.6 Å². The smallest absolute Gasteiger partial charge is 0.334 e. The third kappa shape index (κ3) is 3.88. The fourth-order valence-electron chi connectivity index (χ4n) is 3.92. The normalized spacial score (nSPS) is 17.1. The molecule has 0 fully saturated rings. The summed E-state index contributed by atoms with van der Waals surface area (Å²) in [5.74, 6) is -1.91. The number of aliphatic carboxylic acids is 1. The molecule has 8 nitrogen and oxygen atoms in total. The van der Waals surface area contributed by atoms with Crippen LogP contribution in [0.1, 0.15) is 22.6 Å². The molecule has 2 aromatic carbocycles. The van der Waals surface area contributed by atoms with Gasteiger partial charge in [0.05, 0.1) is 47.0 Å². The van der Waals surface area contributed by atoms with Gasteiger partial charge in [-0.1, -0.05) is 6.07 Å². The minimum absolute atomic E-state index is 0.0366. The Morgan fingerprint density at radius 2 is 1.39 bits per heavy atom. The first-order valence-corrected chi connectivity index (χ1v) is 9.40. The van der Waals surface area contributed by atoms with Crippen LogP contribution in [0.4, 0.5) is 0 Å². The third-order valence-electron chi connectivity index (χ3n) is 5.36. The Labute approximate surface area is 179 Å². The predicted molar refractivity (Wildman–Crippen MR) is 112 cm³/mol. The van der Waals surface area contributed by atoms with Crippen LogP contribution in [-0.2, 0) is 14.3 Å². The fraction of sp³-hybridized carbons (Fsp3) is 0.304. The van der Waals surface area contributed by atoms with Gasteiger partial charge in [0.15, 0.2) is 23.0 Å². The maximum absolute atomic E-state index is 12.5. The van der Waals surface area contributed by atoms with E-state index < -0.39 is 23.8 Å². The van der Waals surface area contributed by atoms with E-state index in [0.29, 0.717) is 39.7 Å². The predicted octanol–water partition coefficient (Wildman–Crippen LogP) is 3.12. The van der Waals surface area contributed by atoms with Crippen LogP contribution in [0.3, 0.4) is 0 Å². The minimum Gasteiger partial charge on any atom is -0.493 e. The van der Waals surface area contributed by atoms with E-state index in [1.54, 1.807) is 30.3 Å². The van der Waals surface area contributed by atoms with Gasteiger partial charge in [-0.25, -0.2) is 4.79 Å². The van der Waals surface area contributed by atoms with Gasteiger partial charge in [-0.05, 0) is 47.0 Å². The number of carboxylic acids is 1. The Balaban J connectivity index is 2.33. The second-order valence-corrected chi connectivity index (χ2v) is 6.84. The number of methoxy groups -OCH3 is 5. The first kappa shape index (κ1) is 22.0. The number of rotatable bonds is 7. The average Bonchev–Trinajstić information content (AvgIpc) is 2.80. The van der Waals surface area contributed by atoms with Crippen molar-refractivity contribution in [2.75, 3.05) is 35.5 Å². The van der Waals surface area contributed by atoms with Gasteiger partial charge in [-0.2, -0.15) is 0 Å². The summed E-state index contributed by atoms with van der Waals surface area (Å²) in [4.78, 5) is 24.9. The van der Waals surface area contributed by atoms with Gasteiger partial charge in [0, 0.05) is 5.92 Å². The summed E-state index contributed by atoms with van der Waals surface area (Å²) >= 11 is 0. The molecule has 1 aliphatic rings. The van der Waals surface area contributed by atoms with E-state index in [1.807, 2.05) is 0 Å². The standard InChI is InChI=1S/C23H24O8/c1-27-16-7-6-12(9-17(16)28-2)20-14-11-19(30-4)18(29-3)10-13(14)8-15(23(26)31-5)21(20)22(24)25/h6-11,20-21H,1-5H3,(H,24,25)/t20-,21?/m1/s1. The summed E-state index contributed by atoms with van der Waals surface area (Å²) in [6.45, 7) is 0. The molecule has 0 bridgehead atoms.